The van der Waals surface area contributed by atoms with Crippen LogP contribution in [0.25, 0.3) is 0 Å². The Balaban J connectivity index is 2.08. The highest BCUT2D eigenvalue weighted by molar-refractivity contribution is 9.10. The SMILES string of the molecule is COC1CCCC(OC(=O)c2cc(Br)cc(N)c2C)C1. The maximum Gasteiger partial charge on any atom is 0.338 e. The number of benzene rings is 1. The maximum atomic E-state index is 12.3. The van der Waals surface area contributed by atoms with Crippen molar-refractivity contribution in [2.45, 2.75) is 44.8 Å². The van der Waals surface area contributed by atoms with Crippen LogP contribution in [-0.4, -0.2) is 25.3 Å². The Labute approximate surface area is 127 Å². The van der Waals surface area contributed by atoms with Gasteiger partial charge in [-0.15, -0.1) is 0 Å². The van der Waals surface area contributed by atoms with Gasteiger partial charge in [0, 0.05) is 23.7 Å². The van der Waals surface area contributed by atoms with Gasteiger partial charge in [-0.1, -0.05) is 15.9 Å². The summed E-state index contributed by atoms with van der Waals surface area (Å²) < 4.78 is 11.7. The molecule has 0 aliphatic heterocycles. The van der Waals surface area contributed by atoms with E-state index < -0.39 is 0 Å². The molecule has 1 aliphatic rings. The summed E-state index contributed by atoms with van der Waals surface area (Å²) in [7, 11) is 1.70. The number of carbonyl (C=O) groups excluding carboxylic acids is 1. The number of methoxy groups -OCH3 is 1. The molecule has 1 saturated carbocycles. The standard InChI is InChI=1S/C15H20BrNO3/c1-9-13(6-10(16)7-14(9)17)15(18)20-12-5-3-4-11(8-12)19-2/h6-7,11-12H,3-5,8,17H2,1-2H3. The van der Waals surface area contributed by atoms with Crippen molar-refractivity contribution in [1.29, 1.82) is 0 Å². The number of anilines is 1. The zero-order chi connectivity index (χ0) is 14.7. The van der Waals surface area contributed by atoms with Crippen molar-refractivity contribution in [3.8, 4) is 0 Å². The number of carbonyl (C=O) groups is 1. The second-order valence-corrected chi connectivity index (χ2v) is 6.13. The number of halogens is 1. The van der Waals surface area contributed by atoms with Crippen LogP contribution in [0.5, 0.6) is 0 Å². The fourth-order valence-electron chi connectivity index (χ4n) is 2.55. The molecule has 4 nitrogen and oxygen atoms in total. The van der Waals surface area contributed by atoms with Crippen LogP contribution >= 0.6 is 15.9 Å². The summed E-state index contributed by atoms with van der Waals surface area (Å²) in [5, 5.41) is 0. The highest BCUT2D eigenvalue weighted by Gasteiger charge is 2.26. The van der Waals surface area contributed by atoms with Crippen molar-refractivity contribution < 1.29 is 14.3 Å². The molecule has 0 aromatic heterocycles. The van der Waals surface area contributed by atoms with E-state index in [2.05, 4.69) is 15.9 Å². The third kappa shape index (κ3) is 3.52. The lowest BCUT2D eigenvalue weighted by Gasteiger charge is -2.28. The van der Waals surface area contributed by atoms with Gasteiger partial charge in [-0.3, -0.25) is 0 Å². The van der Waals surface area contributed by atoms with Crippen LogP contribution in [0, 0.1) is 6.92 Å². The van der Waals surface area contributed by atoms with Gasteiger partial charge >= 0.3 is 5.97 Å². The van der Waals surface area contributed by atoms with E-state index in [0.29, 0.717) is 11.3 Å². The van der Waals surface area contributed by atoms with Gasteiger partial charge in [0.1, 0.15) is 6.10 Å². The normalized spacial score (nSPS) is 22.6. The zero-order valence-corrected chi connectivity index (χ0v) is 13.4. The van der Waals surface area contributed by atoms with Gasteiger partial charge in [0.15, 0.2) is 0 Å². The molecule has 110 valence electrons. The quantitative estimate of drug-likeness (QED) is 0.675. The summed E-state index contributed by atoms with van der Waals surface area (Å²) in [4.78, 5) is 12.3. The molecule has 0 saturated heterocycles. The molecule has 5 heteroatoms. The predicted octanol–water partition coefficient (Wildman–Crippen LogP) is 3.45. The molecule has 0 heterocycles. The summed E-state index contributed by atoms with van der Waals surface area (Å²) in [6, 6.07) is 3.54. The van der Waals surface area contributed by atoms with Crippen molar-refractivity contribution in [3.05, 3.63) is 27.7 Å². The summed E-state index contributed by atoms with van der Waals surface area (Å²) >= 11 is 3.35. The van der Waals surface area contributed by atoms with Crippen molar-refractivity contribution in [2.75, 3.05) is 12.8 Å². The monoisotopic (exact) mass is 341 g/mol. The minimum atomic E-state index is -0.308. The Morgan fingerprint density at radius 1 is 1.35 bits per heavy atom. The van der Waals surface area contributed by atoms with Crippen molar-refractivity contribution in [3.63, 3.8) is 0 Å². The van der Waals surface area contributed by atoms with Gasteiger partial charge < -0.3 is 15.2 Å². The first kappa shape index (κ1) is 15.3. The number of nitrogen functional groups attached to an aromatic ring is 1. The molecule has 2 atom stereocenters. The van der Waals surface area contributed by atoms with Gasteiger partial charge in [0.2, 0.25) is 0 Å². The van der Waals surface area contributed by atoms with Crippen molar-refractivity contribution >= 4 is 27.6 Å². The van der Waals surface area contributed by atoms with E-state index in [1.54, 1.807) is 19.2 Å². The minimum Gasteiger partial charge on any atom is -0.459 e. The first-order valence-corrected chi connectivity index (χ1v) is 7.60. The Bertz CT molecular complexity index is 504. The highest BCUT2D eigenvalue weighted by Crippen LogP contribution is 2.27. The van der Waals surface area contributed by atoms with E-state index in [-0.39, 0.29) is 18.2 Å². The number of ether oxygens (including phenoxy) is 2. The van der Waals surface area contributed by atoms with Crippen LogP contribution in [0.15, 0.2) is 16.6 Å². The first-order valence-electron chi connectivity index (χ1n) is 6.80. The molecule has 1 aromatic rings. The summed E-state index contributed by atoms with van der Waals surface area (Å²) in [6.45, 7) is 1.83. The van der Waals surface area contributed by atoms with Gasteiger partial charge in [-0.05, 0) is 43.9 Å². The molecule has 1 fully saturated rings. The Morgan fingerprint density at radius 3 is 2.75 bits per heavy atom. The molecular formula is C15H20BrNO3. The maximum absolute atomic E-state index is 12.3. The van der Waals surface area contributed by atoms with Crippen molar-refractivity contribution in [2.24, 2.45) is 0 Å². The van der Waals surface area contributed by atoms with Gasteiger partial charge in [0.05, 0.1) is 11.7 Å². The molecule has 0 amide bonds. The second-order valence-electron chi connectivity index (χ2n) is 5.22. The lowest BCUT2D eigenvalue weighted by Crippen LogP contribution is -2.29. The molecule has 2 rings (SSSR count). The van der Waals surface area contributed by atoms with E-state index in [9.17, 15) is 4.79 Å². The molecule has 2 unspecified atom stereocenters. The number of rotatable bonds is 3. The predicted molar refractivity (Wildman–Crippen MR) is 81.8 cm³/mol. The van der Waals surface area contributed by atoms with E-state index in [1.807, 2.05) is 6.92 Å². The fraction of sp³-hybridized carbons (Fsp3) is 0.533. The van der Waals surface area contributed by atoms with Crippen LogP contribution in [0.4, 0.5) is 5.69 Å². The van der Waals surface area contributed by atoms with Crippen LogP contribution in [0.1, 0.15) is 41.6 Å². The Morgan fingerprint density at radius 2 is 2.05 bits per heavy atom. The number of hydrogen-bond donors (Lipinski definition) is 1. The fourth-order valence-corrected chi connectivity index (χ4v) is 3.03. The van der Waals surface area contributed by atoms with Crippen molar-refractivity contribution in [1.82, 2.24) is 0 Å². The van der Waals surface area contributed by atoms with Crippen LogP contribution < -0.4 is 5.73 Å². The third-order valence-electron chi connectivity index (χ3n) is 3.82. The molecular weight excluding hydrogens is 322 g/mol. The summed E-state index contributed by atoms with van der Waals surface area (Å²) in [5.74, 6) is -0.308. The lowest BCUT2D eigenvalue weighted by molar-refractivity contribution is -0.0149. The van der Waals surface area contributed by atoms with E-state index >= 15 is 0 Å². The molecule has 1 aromatic carbocycles. The number of nitrogens with two attached hydrogens (primary N) is 1. The second kappa shape index (κ2) is 6.59. The van der Waals surface area contributed by atoms with E-state index in [4.69, 9.17) is 15.2 Å². The largest absolute Gasteiger partial charge is 0.459 e. The topological polar surface area (TPSA) is 61.5 Å². The van der Waals surface area contributed by atoms with Gasteiger partial charge in [-0.2, -0.15) is 0 Å². The number of esters is 1. The minimum absolute atomic E-state index is 0.0687. The lowest BCUT2D eigenvalue weighted by atomic mass is 9.95. The van der Waals surface area contributed by atoms with Gasteiger partial charge in [0.25, 0.3) is 0 Å². The molecule has 0 spiro atoms. The molecule has 0 radical (unpaired) electrons. The van der Waals surface area contributed by atoms with E-state index in [1.165, 1.54) is 0 Å². The smallest absolute Gasteiger partial charge is 0.338 e. The molecule has 2 N–H and O–H groups in total. The summed E-state index contributed by atoms with van der Waals surface area (Å²) in [5.41, 5.74) is 7.75. The average molecular weight is 342 g/mol. The zero-order valence-electron chi connectivity index (χ0n) is 11.8. The highest BCUT2D eigenvalue weighted by atomic mass is 79.9. The van der Waals surface area contributed by atoms with Crippen LogP contribution in [0.3, 0.4) is 0 Å². The Kier molecular flexibility index (Phi) is 5.05. The third-order valence-corrected chi connectivity index (χ3v) is 4.28. The van der Waals surface area contributed by atoms with Crippen LogP contribution in [-0.2, 0) is 9.47 Å². The first-order chi connectivity index (χ1) is 9.51. The molecule has 20 heavy (non-hydrogen) atoms. The number of hydrogen-bond acceptors (Lipinski definition) is 4. The van der Waals surface area contributed by atoms with Gasteiger partial charge in [-0.25, -0.2) is 4.79 Å². The molecule has 0 bridgehead atoms. The average Bonchev–Trinajstić information content (AvgIpc) is 2.43. The summed E-state index contributed by atoms with van der Waals surface area (Å²) in [6.07, 6.45) is 3.85. The molecule has 1 aliphatic carbocycles. The Hall–Kier alpha value is -1.07. The van der Waals surface area contributed by atoms with E-state index in [0.717, 1.165) is 35.7 Å². The van der Waals surface area contributed by atoms with Crippen LogP contribution in [0.2, 0.25) is 0 Å².